The predicted octanol–water partition coefficient (Wildman–Crippen LogP) is 2.95. The van der Waals surface area contributed by atoms with E-state index in [9.17, 15) is 4.79 Å². The van der Waals surface area contributed by atoms with Crippen LogP contribution in [0.2, 0.25) is 0 Å². The normalized spacial score (nSPS) is 12.0. The summed E-state index contributed by atoms with van der Waals surface area (Å²) in [7, 11) is 0. The van der Waals surface area contributed by atoms with Crippen molar-refractivity contribution in [3.8, 4) is 0 Å². The van der Waals surface area contributed by atoms with E-state index in [4.69, 9.17) is 5.73 Å². The highest BCUT2D eigenvalue weighted by atomic mass is 32.2. The van der Waals surface area contributed by atoms with Crippen LogP contribution in [0, 0.1) is 20.8 Å². The van der Waals surface area contributed by atoms with E-state index in [2.05, 4.69) is 41.3 Å². The molecule has 0 radical (unpaired) electrons. The monoisotopic (exact) mass is 330 g/mol. The molecule has 1 atom stereocenters. The molecule has 122 valence electrons. The number of rotatable bonds is 5. The predicted molar refractivity (Wildman–Crippen MR) is 94.4 cm³/mol. The SMILES string of the molecule is Cc1cc(N)nc(SCC(=O)NC(C)c2ccc(C)c(C)c2)n1. The quantitative estimate of drug-likeness (QED) is 0.651. The fraction of sp³-hybridized carbons (Fsp3) is 0.353. The van der Waals surface area contributed by atoms with Crippen LogP contribution in [0.3, 0.4) is 0 Å². The van der Waals surface area contributed by atoms with Crippen LogP contribution in [-0.4, -0.2) is 21.6 Å². The molecule has 2 aromatic rings. The fourth-order valence-corrected chi connectivity index (χ4v) is 2.88. The molecule has 0 aliphatic carbocycles. The topological polar surface area (TPSA) is 80.9 Å². The third kappa shape index (κ3) is 4.96. The lowest BCUT2D eigenvalue weighted by molar-refractivity contribution is -0.119. The van der Waals surface area contributed by atoms with E-state index in [0.717, 1.165) is 11.3 Å². The summed E-state index contributed by atoms with van der Waals surface area (Å²) < 4.78 is 0. The largest absolute Gasteiger partial charge is 0.384 e. The third-order valence-electron chi connectivity index (χ3n) is 3.59. The average molecular weight is 330 g/mol. The summed E-state index contributed by atoms with van der Waals surface area (Å²) in [6.45, 7) is 7.98. The van der Waals surface area contributed by atoms with Crippen molar-refractivity contribution < 1.29 is 4.79 Å². The van der Waals surface area contributed by atoms with Gasteiger partial charge in [0.2, 0.25) is 5.91 Å². The lowest BCUT2D eigenvalue weighted by Gasteiger charge is -2.15. The second kappa shape index (κ2) is 7.46. The summed E-state index contributed by atoms with van der Waals surface area (Å²) in [6, 6.07) is 7.89. The molecule has 0 saturated heterocycles. The molecule has 1 aromatic heterocycles. The number of hydrogen-bond acceptors (Lipinski definition) is 5. The number of aromatic nitrogens is 2. The molecule has 23 heavy (non-hydrogen) atoms. The Morgan fingerprint density at radius 3 is 2.61 bits per heavy atom. The van der Waals surface area contributed by atoms with Gasteiger partial charge in [0.25, 0.3) is 0 Å². The van der Waals surface area contributed by atoms with Gasteiger partial charge in [-0.15, -0.1) is 0 Å². The number of amides is 1. The van der Waals surface area contributed by atoms with E-state index < -0.39 is 0 Å². The van der Waals surface area contributed by atoms with Crippen molar-refractivity contribution in [3.63, 3.8) is 0 Å². The molecule has 2 rings (SSSR count). The minimum atomic E-state index is -0.0515. The van der Waals surface area contributed by atoms with Crippen LogP contribution in [0.25, 0.3) is 0 Å². The van der Waals surface area contributed by atoms with Crippen molar-refractivity contribution in [2.75, 3.05) is 11.5 Å². The second-order valence-corrected chi connectivity index (χ2v) is 6.58. The highest BCUT2D eigenvalue weighted by molar-refractivity contribution is 7.99. The van der Waals surface area contributed by atoms with Crippen LogP contribution < -0.4 is 11.1 Å². The van der Waals surface area contributed by atoms with Gasteiger partial charge in [-0.1, -0.05) is 30.0 Å². The van der Waals surface area contributed by atoms with Crippen LogP contribution in [0.5, 0.6) is 0 Å². The lowest BCUT2D eigenvalue weighted by atomic mass is 10.0. The number of thioether (sulfide) groups is 1. The Labute approximate surface area is 141 Å². The Hall–Kier alpha value is -2.08. The maximum atomic E-state index is 12.1. The molecule has 1 unspecified atom stereocenters. The summed E-state index contributed by atoms with van der Waals surface area (Å²) in [5.41, 5.74) is 10.0. The van der Waals surface area contributed by atoms with Crippen molar-refractivity contribution >= 4 is 23.5 Å². The molecule has 3 N–H and O–H groups in total. The van der Waals surface area contributed by atoms with Gasteiger partial charge in [-0.2, -0.15) is 0 Å². The number of nitrogens with zero attached hydrogens (tertiary/aromatic N) is 2. The van der Waals surface area contributed by atoms with Gasteiger partial charge in [0.15, 0.2) is 5.16 Å². The van der Waals surface area contributed by atoms with E-state index >= 15 is 0 Å². The summed E-state index contributed by atoms with van der Waals surface area (Å²) in [5, 5.41) is 3.52. The van der Waals surface area contributed by atoms with Gasteiger partial charge in [-0.05, 0) is 44.4 Å². The van der Waals surface area contributed by atoms with Crippen molar-refractivity contribution in [2.24, 2.45) is 0 Å². The zero-order valence-electron chi connectivity index (χ0n) is 13.9. The molecule has 0 aliphatic rings. The van der Waals surface area contributed by atoms with Crippen LogP contribution in [0.4, 0.5) is 5.82 Å². The lowest BCUT2D eigenvalue weighted by Crippen LogP contribution is -2.28. The molecular weight excluding hydrogens is 308 g/mol. The molecule has 0 saturated carbocycles. The summed E-state index contributed by atoms with van der Waals surface area (Å²) in [4.78, 5) is 20.5. The molecule has 1 heterocycles. The third-order valence-corrected chi connectivity index (χ3v) is 4.44. The van der Waals surface area contributed by atoms with Crippen LogP contribution in [0.1, 0.15) is 35.3 Å². The number of nitrogens with two attached hydrogens (primary N) is 1. The fourth-order valence-electron chi connectivity index (χ4n) is 2.16. The minimum Gasteiger partial charge on any atom is -0.384 e. The molecule has 5 nitrogen and oxygen atoms in total. The number of carbonyl (C=O) groups excluding carboxylic acids is 1. The number of aryl methyl sites for hydroxylation is 3. The minimum absolute atomic E-state index is 0.0362. The van der Waals surface area contributed by atoms with Crippen LogP contribution >= 0.6 is 11.8 Å². The molecule has 0 fully saturated rings. The number of nitrogens with one attached hydrogen (secondary N) is 1. The van der Waals surface area contributed by atoms with Gasteiger partial charge in [0.1, 0.15) is 5.82 Å². The Morgan fingerprint density at radius 1 is 1.22 bits per heavy atom. The Morgan fingerprint density at radius 2 is 1.96 bits per heavy atom. The standard InChI is InChI=1S/C17H22N4OS/c1-10-5-6-14(7-11(10)2)13(4)20-16(22)9-23-17-19-12(3)8-15(18)21-17/h5-8,13H,9H2,1-4H3,(H,20,22)(H2,18,19,21). The Kier molecular flexibility index (Phi) is 5.60. The van der Waals surface area contributed by atoms with E-state index in [1.165, 1.54) is 22.9 Å². The van der Waals surface area contributed by atoms with E-state index in [1.54, 1.807) is 6.07 Å². The first-order valence-corrected chi connectivity index (χ1v) is 8.44. The van der Waals surface area contributed by atoms with E-state index in [0.29, 0.717) is 11.0 Å². The number of hydrogen-bond donors (Lipinski definition) is 2. The highest BCUT2D eigenvalue weighted by Gasteiger charge is 2.11. The number of carbonyl (C=O) groups is 1. The van der Waals surface area contributed by atoms with E-state index in [-0.39, 0.29) is 17.7 Å². The highest BCUT2D eigenvalue weighted by Crippen LogP contribution is 2.18. The smallest absolute Gasteiger partial charge is 0.230 e. The first kappa shape index (κ1) is 17.3. The average Bonchev–Trinajstić information content (AvgIpc) is 2.47. The summed E-state index contributed by atoms with van der Waals surface area (Å²) >= 11 is 1.29. The molecule has 1 amide bonds. The first-order chi connectivity index (χ1) is 10.8. The maximum Gasteiger partial charge on any atom is 0.230 e. The van der Waals surface area contributed by atoms with E-state index in [1.807, 2.05) is 19.9 Å². The molecule has 6 heteroatoms. The Bertz CT molecular complexity index is 697. The molecule has 0 aliphatic heterocycles. The van der Waals surface area contributed by atoms with Gasteiger partial charge in [0.05, 0.1) is 11.8 Å². The molecule has 0 spiro atoms. The molecular formula is C17H22N4OS. The molecule has 1 aromatic carbocycles. The number of nitrogen functional groups attached to an aromatic ring is 1. The first-order valence-electron chi connectivity index (χ1n) is 7.45. The van der Waals surface area contributed by atoms with Gasteiger partial charge in [0, 0.05) is 11.8 Å². The Balaban J connectivity index is 1.92. The summed E-state index contributed by atoms with van der Waals surface area (Å²) in [5.74, 6) is 0.631. The van der Waals surface area contributed by atoms with Crippen LogP contribution in [0.15, 0.2) is 29.4 Å². The zero-order chi connectivity index (χ0) is 17.0. The van der Waals surface area contributed by atoms with Crippen molar-refractivity contribution in [3.05, 3.63) is 46.6 Å². The van der Waals surface area contributed by atoms with Gasteiger partial charge < -0.3 is 11.1 Å². The van der Waals surface area contributed by atoms with Crippen molar-refractivity contribution in [1.29, 1.82) is 0 Å². The number of anilines is 1. The van der Waals surface area contributed by atoms with Gasteiger partial charge in [-0.3, -0.25) is 4.79 Å². The van der Waals surface area contributed by atoms with Crippen LogP contribution in [-0.2, 0) is 4.79 Å². The maximum absolute atomic E-state index is 12.1. The second-order valence-electron chi connectivity index (χ2n) is 5.64. The van der Waals surface area contributed by atoms with Crippen molar-refractivity contribution in [1.82, 2.24) is 15.3 Å². The van der Waals surface area contributed by atoms with Crippen molar-refractivity contribution in [2.45, 2.75) is 38.9 Å². The van der Waals surface area contributed by atoms with Gasteiger partial charge in [-0.25, -0.2) is 9.97 Å². The van der Waals surface area contributed by atoms with Gasteiger partial charge >= 0.3 is 0 Å². The number of benzene rings is 1. The summed E-state index contributed by atoms with van der Waals surface area (Å²) in [6.07, 6.45) is 0. The molecule has 0 bridgehead atoms. The zero-order valence-corrected chi connectivity index (χ0v) is 14.7.